The van der Waals surface area contributed by atoms with Gasteiger partial charge in [0.15, 0.2) is 5.78 Å². The maximum atomic E-state index is 13.4. The number of benzene rings is 4. The van der Waals surface area contributed by atoms with Gasteiger partial charge in [0.1, 0.15) is 68.3 Å². The molecule has 0 fully saturated rings. The number of Topliss-reactive ketones (excluding diaryl/α,β-unsaturated/α-hetero) is 1. The second-order valence-corrected chi connectivity index (χ2v) is 12.0. The number of aromatic hydroxyl groups is 4. The molecule has 46 heavy (non-hydrogen) atoms. The summed E-state index contributed by atoms with van der Waals surface area (Å²) in [5.41, 5.74) is 1.14. The monoisotopic (exact) mass is 620 g/mol. The van der Waals surface area contributed by atoms with Crippen LogP contribution in [0.1, 0.15) is 65.1 Å². The van der Waals surface area contributed by atoms with Crippen molar-refractivity contribution in [3.63, 3.8) is 0 Å². The van der Waals surface area contributed by atoms with Gasteiger partial charge in [-0.3, -0.25) is 4.79 Å². The minimum atomic E-state index is -0.934. The van der Waals surface area contributed by atoms with Crippen molar-refractivity contribution in [3.05, 3.63) is 95.2 Å². The van der Waals surface area contributed by atoms with Crippen LogP contribution in [-0.4, -0.2) is 37.8 Å². The number of esters is 1. The Labute approximate surface area is 261 Å². The molecule has 2 aromatic heterocycles. The minimum Gasteiger partial charge on any atom is -0.508 e. The van der Waals surface area contributed by atoms with Gasteiger partial charge in [0, 0.05) is 41.1 Å². The molecule has 0 saturated carbocycles. The molecule has 232 valence electrons. The second-order valence-electron chi connectivity index (χ2n) is 12.0. The molecule has 0 amide bonds. The Morgan fingerprint density at radius 2 is 1.54 bits per heavy atom. The van der Waals surface area contributed by atoms with Gasteiger partial charge < -0.3 is 38.7 Å². The van der Waals surface area contributed by atoms with E-state index in [1.165, 1.54) is 37.3 Å². The number of ketones is 1. The molecular weight excluding hydrogens is 592 g/mol. The third-order valence-electron chi connectivity index (χ3n) is 8.10. The third kappa shape index (κ3) is 4.93. The lowest BCUT2D eigenvalue weighted by atomic mass is 9.81. The number of ether oxygens (including phenoxy) is 2. The molecular formula is C36H28O10. The van der Waals surface area contributed by atoms with Crippen molar-refractivity contribution >= 4 is 33.7 Å². The van der Waals surface area contributed by atoms with Gasteiger partial charge in [-0.25, -0.2) is 4.79 Å². The molecule has 4 N–H and O–H groups in total. The second kappa shape index (κ2) is 10.3. The summed E-state index contributed by atoms with van der Waals surface area (Å²) in [4.78, 5) is 26.8. The third-order valence-corrected chi connectivity index (χ3v) is 8.10. The zero-order valence-electron chi connectivity index (χ0n) is 25.0. The highest BCUT2D eigenvalue weighted by molar-refractivity contribution is 6.11. The predicted molar refractivity (Wildman–Crippen MR) is 167 cm³/mol. The number of rotatable bonds is 5. The zero-order chi connectivity index (χ0) is 32.5. The smallest absolute Gasteiger partial charge is 0.347 e. The summed E-state index contributed by atoms with van der Waals surface area (Å²) >= 11 is 0. The first kappa shape index (κ1) is 28.8. The van der Waals surface area contributed by atoms with Crippen molar-refractivity contribution in [2.45, 2.75) is 38.7 Å². The Morgan fingerprint density at radius 1 is 0.826 bits per heavy atom. The van der Waals surface area contributed by atoms with E-state index in [1.807, 2.05) is 13.8 Å². The van der Waals surface area contributed by atoms with Crippen LogP contribution < -0.4 is 9.47 Å². The van der Waals surface area contributed by atoms with E-state index >= 15 is 0 Å². The van der Waals surface area contributed by atoms with Gasteiger partial charge in [-0.2, -0.15) is 0 Å². The first-order chi connectivity index (χ1) is 21.9. The zero-order valence-corrected chi connectivity index (χ0v) is 25.0. The average molecular weight is 621 g/mol. The van der Waals surface area contributed by atoms with Crippen LogP contribution in [0.5, 0.6) is 34.5 Å². The first-order valence-corrected chi connectivity index (χ1v) is 14.5. The predicted octanol–water partition coefficient (Wildman–Crippen LogP) is 7.78. The lowest BCUT2D eigenvalue weighted by Crippen LogP contribution is -2.35. The Kier molecular flexibility index (Phi) is 6.48. The molecule has 1 aliphatic heterocycles. The summed E-state index contributed by atoms with van der Waals surface area (Å²) in [6.07, 6.45) is 0.432. The quantitative estimate of drug-likeness (QED) is 0.0851. The largest absolute Gasteiger partial charge is 0.508 e. The molecule has 0 radical (unpaired) electrons. The van der Waals surface area contributed by atoms with Crippen LogP contribution in [0, 0.1) is 0 Å². The highest BCUT2D eigenvalue weighted by Crippen LogP contribution is 2.50. The van der Waals surface area contributed by atoms with E-state index in [4.69, 9.17) is 18.3 Å². The summed E-state index contributed by atoms with van der Waals surface area (Å²) in [6.45, 7) is 5.20. The molecule has 0 aliphatic carbocycles. The molecule has 4 aromatic carbocycles. The Bertz CT molecular complexity index is 2220. The van der Waals surface area contributed by atoms with Crippen molar-refractivity contribution in [2.24, 2.45) is 0 Å². The van der Waals surface area contributed by atoms with Gasteiger partial charge in [0.2, 0.25) is 0 Å². The first-order valence-electron chi connectivity index (χ1n) is 14.5. The van der Waals surface area contributed by atoms with Crippen molar-refractivity contribution in [2.75, 3.05) is 0 Å². The van der Waals surface area contributed by atoms with Crippen molar-refractivity contribution in [3.8, 4) is 45.8 Å². The number of carbonyl (C=O) groups excluding carboxylic acids is 2. The number of furan rings is 2. The van der Waals surface area contributed by atoms with Crippen LogP contribution in [0.3, 0.4) is 0 Å². The topological polar surface area (TPSA) is 160 Å². The van der Waals surface area contributed by atoms with Crippen LogP contribution >= 0.6 is 0 Å². The highest BCUT2D eigenvalue weighted by atomic mass is 16.5. The maximum Gasteiger partial charge on any atom is 0.347 e. The van der Waals surface area contributed by atoms with Gasteiger partial charge in [0.05, 0.1) is 16.9 Å². The molecule has 0 spiro atoms. The number of fused-ring (bicyclic) bond motifs is 3. The molecule has 3 heterocycles. The summed E-state index contributed by atoms with van der Waals surface area (Å²) in [5.74, 6) is -1.26. The van der Waals surface area contributed by atoms with Gasteiger partial charge in [0.25, 0.3) is 0 Å². The maximum absolute atomic E-state index is 13.4. The molecule has 1 unspecified atom stereocenters. The number of hydrogen-bond donors (Lipinski definition) is 4. The molecule has 1 aliphatic rings. The van der Waals surface area contributed by atoms with E-state index in [2.05, 4.69) is 0 Å². The fourth-order valence-corrected chi connectivity index (χ4v) is 6.11. The standard InChI is InChI=1S/C36H28O10/c1-17(37)32-33-30(44-34(32)25-16-36(2,3)46-29-15-22(40)6-8-23(25)29)11-19(27-10-18-4-5-21(39)14-28(18)43-27)12-31(33)45-35(42)24-9-7-20(38)13-26(24)41/h4-15,25,38-41H,16H2,1-3H3. The molecule has 6 aromatic rings. The number of phenolic OH excluding ortho intramolecular Hbond substituents is 4. The van der Waals surface area contributed by atoms with Gasteiger partial charge in [-0.05, 0) is 69.3 Å². The summed E-state index contributed by atoms with van der Waals surface area (Å²) in [7, 11) is 0. The Balaban J connectivity index is 1.46. The fraction of sp³-hybridized carbons (Fsp3) is 0.167. The van der Waals surface area contributed by atoms with E-state index in [0.29, 0.717) is 45.8 Å². The fourth-order valence-electron chi connectivity index (χ4n) is 6.11. The SMILES string of the molecule is CC(=O)c1c(C2CC(C)(C)Oc3cc(O)ccc32)oc2cc(-c3cc4ccc(O)cc4o3)cc(OC(=O)c3ccc(O)cc3O)c12. The highest BCUT2D eigenvalue weighted by Gasteiger charge is 2.39. The molecule has 0 bridgehead atoms. The molecule has 10 nitrogen and oxygen atoms in total. The van der Waals surface area contributed by atoms with E-state index in [0.717, 1.165) is 6.07 Å². The van der Waals surface area contributed by atoms with E-state index < -0.39 is 23.2 Å². The normalized spacial score (nSPS) is 15.4. The van der Waals surface area contributed by atoms with Crippen LogP contribution in [0.25, 0.3) is 33.3 Å². The van der Waals surface area contributed by atoms with Gasteiger partial charge in [-0.1, -0.05) is 6.07 Å². The van der Waals surface area contributed by atoms with Crippen LogP contribution in [0.4, 0.5) is 0 Å². The van der Waals surface area contributed by atoms with Crippen LogP contribution in [0.2, 0.25) is 0 Å². The van der Waals surface area contributed by atoms with E-state index in [1.54, 1.807) is 36.4 Å². The Hall–Kier alpha value is -5.90. The van der Waals surface area contributed by atoms with Crippen LogP contribution in [0.15, 0.2) is 81.6 Å². The number of carbonyl (C=O) groups is 2. The van der Waals surface area contributed by atoms with Crippen molar-refractivity contribution in [1.29, 1.82) is 0 Å². The summed E-state index contributed by atoms with van der Waals surface area (Å²) in [5, 5.41) is 41.2. The molecule has 1 atom stereocenters. The van der Waals surface area contributed by atoms with Crippen molar-refractivity contribution < 1.29 is 48.3 Å². The van der Waals surface area contributed by atoms with Gasteiger partial charge in [-0.15, -0.1) is 0 Å². The van der Waals surface area contributed by atoms with Gasteiger partial charge >= 0.3 is 5.97 Å². The lowest BCUT2D eigenvalue weighted by Gasteiger charge is -2.37. The van der Waals surface area contributed by atoms with E-state index in [-0.39, 0.29) is 50.9 Å². The molecule has 0 saturated heterocycles. The minimum absolute atomic E-state index is 0.0225. The number of hydrogen-bond acceptors (Lipinski definition) is 10. The average Bonchev–Trinajstić information content (AvgIpc) is 3.57. The lowest BCUT2D eigenvalue weighted by molar-refractivity contribution is 0.0731. The summed E-state index contributed by atoms with van der Waals surface area (Å²) < 4.78 is 24.6. The number of phenols is 4. The molecule has 10 heteroatoms. The summed E-state index contributed by atoms with van der Waals surface area (Å²) in [6, 6.07) is 18.0. The van der Waals surface area contributed by atoms with Crippen LogP contribution in [-0.2, 0) is 0 Å². The Morgan fingerprint density at radius 3 is 2.30 bits per heavy atom. The molecule has 7 rings (SSSR count). The van der Waals surface area contributed by atoms with Crippen molar-refractivity contribution in [1.82, 2.24) is 0 Å². The van der Waals surface area contributed by atoms with E-state index in [9.17, 15) is 30.0 Å².